The lowest BCUT2D eigenvalue weighted by Gasteiger charge is -2.13. The number of allylic oxidation sites excluding steroid dienone is 1. The smallest absolute Gasteiger partial charge is 0.286 e. The predicted octanol–water partition coefficient (Wildman–Crippen LogP) is 3.97. The van der Waals surface area contributed by atoms with Crippen LogP contribution in [-0.4, -0.2) is 28.6 Å². The summed E-state index contributed by atoms with van der Waals surface area (Å²) in [6.07, 6.45) is 8.75. The first kappa shape index (κ1) is 19.2. The number of rotatable bonds is 7. The Labute approximate surface area is 163 Å². The Bertz CT molecular complexity index is 844. The highest BCUT2D eigenvalue weighted by atomic mass is 32.1. The maximum atomic E-state index is 12.4. The molecule has 0 fully saturated rings. The van der Waals surface area contributed by atoms with Crippen LogP contribution in [0.15, 0.2) is 35.9 Å². The van der Waals surface area contributed by atoms with E-state index in [9.17, 15) is 9.59 Å². The average Bonchev–Trinajstić information content (AvgIpc) is 3.18. The second-order valence-corrected chi connectivity index (χ2v) is 7.57. The molecule has 1 aliphatic rings. The molecule has 0 bridgehead atoms. The Kier molecular flexibility index (Phi) is 6.70. The van der Waals surface area contributed by atoms with Gasteiger partial charge in [0.2, 0.25) is 5.01 Å². The van der Waals surface area contributed by atoms with Crippen LogP contribution < -0.4 is 10.6 Å². The van der Waals surface area contributed by atoms with Crippen LogP contribution in [0, 0.1) is 0 Å². The zero-order valence-corrected chi connectivity index (χ0v) is 16.3. The molecule has 1 heterocycles. The number of anilines is 1. The van der Waals surface area contributed by atoms with Crippen LogP contribution in [0.1, 0.15) is 64.2 Å². The van der Waals surface area contributed by atoms with Crippen molar-refractivity contribution in [2.75, 3.05) is 11.9 Å². The summed E-state index contributed by atoms with van der Waals surface area (Å²) in [4.78, 5) is 24.6. The van der Waals surface area contributed by atoms with E-state index in [0.29, 0.717) is 22.8 Å². The maximum absolute atomic E-state index is 12.4. The van der Waals surface area contributed by atoms with Gasteiger partial charge in [0.15, 0.2) is 0 Å². The van der Waals surface area contributed by atoms with Gasteiger partial charge >= 0.3 is 0 Å². The molecule has 2 N–H and O–H groups in total. The summed E-state index contributed by atoms with van der Waals surface area (Å²) in [6, 6.07) is 6.93. The second kappa shape index (κ2) is 9.41. The SMILES string of the molecule is CCc1nnc(C(=O)Nc2cccc(C(=O)NCCC3=CCCCC3)c2)s1. The number of aryl methyl sites for hydroxylation is 1. The van der Waals surface area contributed by atoms with Crippen molar-refractivity contribution in [1.82, 2.24) is 15.5 Å². The number of hydrogen-bond donors (Lipinski definition) is 2. The summed E-state index contributed by atoms with van der Waals surface area (Å²) in [5.74, 6) is -0.444. The van der Waals surface area contributed by atoms with Crippen molar-refractivity contribution in [3.8, 4) is 0 Å². The van der Waals surface area contributed by atoms with Crippen LogP contribution in [0.25, 0.3) is 0 Å². The fourth-order valence-corrected chi connectivity index (χ4v) is 3.66. The van der Waals surface area contributed by atoms with Gasteiger partial charge in [-0.05, 0) is 56.7 Å². The van der Waals surface area contributed by atoms with Crippen molar-refractivity contribution in [2.45, 2.75) is 45.4 Å². The van der Waals surface area contributed by atoms with Crippen molar-refractivity contribution in [3.63, 3.8) is 0 Å². The maximum Gasteiger partial charge on any atom is 0.286 e. The summed E-state index contributed by atoms with van der Waals surface area (Å²) in [7, 11) is 0. The highest BCUT2D eigenvalue weighted by molar-refractivity contribution is 7.13. The summed E-state index contributed by atoms with van der Waals surface area (Å²) in [6.45, 7) is 2.60. The average molecular weight is 385 g/mol. The van der Waals surface area contributed by atoms with E-state index in [1.165, 1.54) is 29.8 Å². The lowest BCUT2D eigenvalue weighted by Crippen LogP contribution is -2.25. The minimum absolute atomic E-state index is 0.133. The summed E-state index contributed by atoms with van der Waals surface area (Å²) < 4.78 is 0. The molecule has 6 nitrogen and oxygen atoms in total. The van der Waals surface area contributed by atoms with Gasteiger partial charge in [-0.1, -0.05) is 36.0 Å². The van der Waals surface area contributed by atoms with Crippen LogP contribution in [0.2, 0.25) is 0 Å². The number of aromatic nitrogens is 2. The lowest BCUT2D eigenvalue weighted by molar-refractivity contribution is 0.0952. The van der Waals surface area contributed by atoms with E-state index in [4.69, 9.17) is 0 Å². The second-order valence-electron chi connectivity index (χ2n) is 6.50. The number of nitrogens with one attached hydrogen (secondary N) is 2. The Hall–Kier alpha value is -2.54. The van der Waals surface area contributed by atoms with Gasteiger partial charge in [-0.3, -0.25) is 9.59 Å². The fourth-order valence-electron chi connectivity index (χ4n) is 2.98. The van der Waals surface area contributed by atoms with E-state index < -0.39 is 0 Å². The molecule has 142 valence electrons. The third-order valence-electron chi connectivity index (χ3n) is 4.46. The van der Waals surface area contributed by atoms with E-state index in [1.54, 1.807) is 24.3 Å². The molecule has 2 amide bonds. The van der Waals surface area contributed by atoms with E-state index in [0.717, 1.165) is 30.7 Å². The van der Waals surface area contributed by atoms with E-state index in [1.807, 2.05) is 6.92 Å². The van der Waals surface area contributed by atoms with Gasteiger partial charge in [-0.2, -0.15) is 0 Å². The molecule has 1 aliphatic carbocycles. The van der Waals surface area contributed by atoms with Crippen LogP contribution in [-0.2, 0) is 6.42 Å². The van der Waals surface area contributed by atoms with Gasteiger partial charge in [0, 0.05) is 17.8 Å². The van der Waals surface area contributed by atoms with Crippen molar-refractivity contribution < 1.29 is 9.59 Å². The minimum atomic E-state index is -0.311. The van der Waals surface area contributed by atoms with Crippen LogP contribution >= 0.6 is 11.3 Å². The number of nitrogens with zero attached hydrogens (tertiary/aromatic N) is 2. The molecule has 0 spiro atoms. The topological polar surface area (TPSA) is 84.0 Å². The lowest BCUT2D eigenvalue weighted by atomic mass is 9.97. The normalized spacial score (nSPS) is 13.7. The summed E-state index contributed by atoms with van der Waals surface area (Å²) in [5.41, 5.74) is 2.53. The molecule has 0 saturated heterocycles. The quantitative estimate of drug-likeness (QED) is 0.708. The van der Waals surface area contributed by atoms with Crippen molar-refractivity contribution in [3.05, 3.63) is 51.5 Å². The molecular formula is C20H24N4O2S. The number of carbonyl (C=O) groups excluding carboxylic acids is 2. The first-order valence-corrected chi connectivity index (χ1v) is 10.2. The molecule has 27 heavy (non-hydrogen) atoms. The first-order valence-electron chi connectivity index (χ1n) is 9.35. The predicted molar refractivity (Wildman–Crippen MR) is 107 cm³/mol. The van der Waals surface area contributed by atoms with Crippen LogP contribution in [0.5, 0.6) is 0 Å². The molecule has 7 heteroatoms. The molecule has 1 aromatic carbocycles. The summed E-state index contributed by atoms with van der Waals surface area (Å²) in [5, 5.41) is 14.7. The zero-order chi connectivity index (χ0) is 19.1. The van der Waals surface area contributed by atoms with E-state index in [2.05, 4.69) is 26.9 Å². The van der Waals surface area contributed by atoms with Gasteiger partial charge in [-0.15, -0.1) is 10.2 Å². The molecule has 0 saturated carbocycles. The van der Waals surface area contributed by atoms with Gasteiger partial charge in [0.25, 0.3) is 11.8 Å². The minimum Gasteiger partial charge on any atom is -0.352 e. The molecule has 0 unspecified atom stereocenters. The zero-order valence-electron chi connectivity index (χ0n) is 15.5. The van der Waals surface area contributed by atoms with Crippen molar-refractivity contribution in [1.29, 1.82) is 0 Å². The van der Waals surface area contributed by atoms with Gasteiger partial charge in [0.05, 0.1) is 0 Å². The summed E-state index contributed by atoms with van der Waals surface area (Å²) >= 11 is 1.28. The van der Waals surface area contributed by atoms with E-state index >= 15 is 0 Å². The highest BCUT2D eigenvalue weighted by Gasteiger charge is 2.13. The number of amides is 2. The standard InChI is InChI=1S/C20H24N4O2S/c1-2-17-23-24-20(27-17)19(26)22-16-10-6-9-15(13-16)18(25)21-12-11-14-7-4-3-5-8-14/h6-7,9-10,13H,2-5,8,11-12H2,1H3,(H,21,25)(H,22,26). The third-order valence-corrected chi connectivity index (χ3v) is 5.53. The Morgan fingerprint density at radius 1 is 1.19 bits per heavy atom. The number of hydrogen-bond acceptors (Lipinski definition) is 5. The molecule has 2 aromatic rings. The van der Waals surface area contributed by atoms with Crippen molar-refractivity contribution in [2.24, 2.45) is 0 Å². The fraction of sp³-hybridized carbons (Fsp3) is 0.400. The van der Waals surface area contributed by atoms with Crippen LogP contribution in [0.4, 0.5) is 5.69 Å². The Morgan fingerprint density at radius 2 is 2.07 bits per heavy atom. The number of benzene rings is 1. The largest absolute Gasteiger partial charge is 0.352 e. The molecule has 0 atom stereocenters. The number of carbonyl (C=O) groups is 2. The molecular weight excluding hydrogens is 360 g/mol. The molecule has 0 aliphatic heterocycles. The highest BCUT2D eigenvalue weighted by Crippen LogP contribution is 2.19. The van der Waals surface area contributed by atoms with Crippen LogP contribution in [0.3, 0.4) is 0 Å². The Morgan fingerprint density at radius 3 is 2.81 bits per heavy atom. The van der Waals surface area contributed by atoms with E-state index in [-0.39, 0.29) is 11.8 Å². The van der Waals surface area contributed by atoms with Gasteiger partial charge in [-0.25, -0.2) is 0 Å². The molecule has 0 radical (unpaired) electrons. The molecule has 1 aromatic heterocycles. The van der Waals surface area contributed by atoms with Crippen molar-refractivity contribution >= 4 is 28.8 Å². The van der Waals surface area contributed by atoms with Gasteiger partial charge < -0.3 is 10.6 Å². The van der Waals surface area contributed by atoms with Gasteiger partial charge in [0.1, 0.15) is 5.01 Å². The molecule has 3 rings (SSSR count). The Balaban J connectivity index is 1.55. The third kappa shape index (κ3) is 5.47. The monoisotopic (exact) mass is 384 g/mol. The first-order chi connectivity index (χ1) is 13.2.